The van der Waals surface area contributed by atoms with Crippen LogP contribution in [0, 0.1) is 0 Å². The van der Waals surface area contributed by atoms with Crippen molar-refractivity contribution in [3.63, 3.8) is 0 Å². The van der Waals surface area contributed by atoms with Gasteiger partial charge in [-0.05, 0) is 12.2 Å². The Hall–Kier alpha value is -0.450. The van der Waals surface area contributed by atoms with Crippen LogP contribution < -0.4 is 0 Å². The van der Waals surface area contributed by atoms with Crippen molar-refractivity contribution in [2.75, 3.05) is 0 Å². The van der Waals surface area contributed by atoms with E-state index in [4.69, 9.17) is 9.39 Å². The second kappa shape index (κ2) is 1.53. The predicted octanol–water partition coefficient (Wildman–Crippen LogP) is 1.09. The molecule has 1 fully saturated rings. The summed E-state index contributed by atoms with van der Waals surface area (Å²) in [6, 6.07) is 0. The van der Waals surface area contributed by atoms with Gasteiger partial charge in [-0.2, -0.15) is 0 Å². The summed E-state index contributed by atoms with van der Waals surface area (Å²) < 4.78 is 4.90. The molecule has 1 unspecified atom stereocenters. The summed E-state index contributed by atoms with van der Waals surface area (Å²) in [4.78, 5) is 0. The maximum atomic E-state index is 9.05. The molecule has 1 saturated heterocycles. The number of hydrogen-bond acceptors (Lipinski definition) is 4. The molecule has 0 radical (unpaired) electrons. The zero-order chi connectivity index (χ0) is 6.32. The van der Waals surface area contributed by atoms with Gasteiger partial charge in [0.15, 0.2) is 0 Å². The van der Waals surface area contributed by atoms with E-state index in [0.717, 1.165) is 5.06 Å². The van der Waals surface area contributed by atoms with E-state index < -0.39 is 5.06 Å². The molecule has 0 bridgehead atoms. The minimum absolute atomic E-state index is 0.575. The fourth-order valence-corrected chi connectivity index (χ4v) is 1.15. The Bertz CT molecular complexity index is 185. The number of allylic oxidation sites excluding steroid dienone is 2. The van der Waals surface area contributed by atoms with Crippen LogP contribution in [0.4, 0.5) is 0 Å². The molecule has 4 heteroatoms. The first kappa shape index (κ1) is 5.34. The zero-order valence-corrected chi connectivity index (χ0v) is 5.34. The molecule has 1 atom stereocenters. The van der Waals surface area contributed by atoms with Crippen LogP contribution in [0.2, 0.25) is 0 Å². The third kappa shape index (κ3) is 0.676. The van der Waals surface area contributed by atoms with Crippen LogP contribution in [0.5, 0.6) is 0 Å². The van der Waals surface area contributed by atoms with Crippen molar-refractivity contribution in [2.24, 2.45) is 0 Å². The predicted molar refractivity (Wildman–Crippen MR) is 33.3 cm³/mol. The molecule has 0 amide bonds. The number of rotatable bonds is 0. The molecule has 2 heterocycles. The van der Waals surface area contributed by atoms with Crippen LogP contribution in [-0.2, 0) is 4.18 Å². The zero-order valence-electron chi connectivity index (χ0n) is 4.52. The van der Waals surface area contributed by atoms with Gasteiger partial charge in [0.05, 0.1) is 12.0 Å². The standard InChI is InChI=1S/C5H5NO2S/c7-6-4-2-1-3-5(6)8-9-5/h1-4,7H. The van der Waals surface area contributed by atoms with Gasteiger partial charge >= 0.3 is 0 Å². The smallest absolute Gasteiger partial charge is 0.268 e. The van der Waals surface area contributed by atoms with Crippen molar-refractivity contribution in [1.82, 2.24) is 5.06 Å². The van der Waals surface area contributed by atoms with Gasteiger partial charge in [0.1, 0.15) is 0 Å². The lowest BCUT2D eigenvalue weighted by Crippen LogP contribution is -2.28. The Morgan fingerprint density at radius 3 is 2.78 bits per heavy atom. The van der Waals surface area contributed by atoms with Crippen LogP contribution in [-0.4, -0.2) is 15.3 Å². The Kier molecular flexibility index (Phi) is 0.908. The van der Waals surface area contributed by atoms with E-state index >= 15 is 0 Å². The van der Waals surface area contributed by atoms with Gasteiger partial charge in [-0.1, -0.05) is 6.08 Å². The van der Waals surface area contributed by atoms with E-state index in [1.165, 1.54) is 12.0 Å². The average molecular weight is 143 g/mol. The summed E-state index contributed by atoms with van der Waals surface area (Å²) in [5.74, 6) is 0. The van der Waals surface area contributed by atoms with E-state index in [9.17, 15) is 0 Å². The van der Waals surface area contributed by atoms with Crippen molar-refractivity contribution in [2.45, 2.75) is 5.06 Å². The van der Waals surface area contributed by atoms with Gasteiger partial charge in [0.25, 0.3) is 5.06 Å². The molecule has 3 nitrogen and oxygen atoms in total. The molecule has 0 aromatic heterocycles. The molecule has 1 N–H and O–H groups in total. The van der Waals surface area contributed by atoms with E-state index in [-0.39, 0.29) is 0 Å². The normalized spacial score (nSPS) is 38.1. The number of nitrogens with zero attached hydrogens (tertiary/aromatic N) is 1. The van der Waals surface area contributed by atoms with Crippen LogP contribution >= 0.6 is 12.0 Å². The molecular formula is C5H5NO2S. The van der Waals surface area contributed by atoms with Gasteiger partial charge in [-0.15, -0.1) is 0 Å². The molecule has 2 rings (SSSR count). The summed E-state index contributed by atoms with van der Waals surface area (Å²) in [5, 5.41) is 9.51. The third-order valence-electron chi connectivity index (χ3n) is 1.22. The maximum absolute atomic E-state index is 9.05. The SMILES string of the molecule is ON1C=CC=CC12OS2. The second-order valence-corrected chi connectivity index (χ2v) is 2.76. The first-order valence-corrected chi connectivity index (χ1v) is 3.29. The Labute approximate surface area is 56.8 Å². The fraction of sp³-hybridized carbons (Fsp3) is 0.200. The van der Waals surface area contributed by atoms with E-state index in [1.807, 2.05) is 6.08 Å². The van der Waals surface area contributed by atoms with E-state index in [2.05, 4.69) is 0 Å². The minimum Gasteiger partial charge on any atom is -0.285 e. The van der Waals surface area contributed by atoms with Crippen LogP contribution in [0.25, 0.3) is 0 Å². The summed E-state index contributed by atoms with van der Waals surface area (Å²) in [6.07, 6.45) is 6.93. The van der Waals surface area contributed by atoms with Gasteiger partial charge in [-0.25, -0.2) is 5.06 Å². The van der Waals surface area contributed by atoms with Crippen molar-refractivity contribution in [1.29, 1.82) is 0 Å². The monoisotopic (exact) mass is 143 g/mol. The lowest BCUT2D eigenvalue weighted by molar-refractivity contribution is -0.109. The molecule has 9 heavy (non-hydrogen) atoms. The quantitative estimate of drug-likeness (QED) is 0.407. The van der Waals surface area contributed by atoms with E-state index in [1.54, 1.807) is 18.4 Å². The molecule has 0 aromatic carbocycles. The summed E-state index contributed by atoms with van der Waals surface area (Å²) in [7, 11) is 0. The first-order valence-electron chi connectivity index (χ1n) is 2.55. The van der Waals surface area contributed by atoms with Crippen LogP contribution in [0.1, 0.15) is 0 Å². The largest absolute Gasteiger partial charge is 0.285 e. The molecule has 0 saturated carbocycles. The van der Waals surface area contributed by atoms with Crippen molar-refractivity contribution in [3.05, 3.63) is 24.4 Å². The number of hydrogen-bond donors (Lipinski definition) is 1. The molecule has 48 valence electrons. The second-order valence-electron chi connectivity index (χ2n) is 1.84. The summed E-state index contributed by atoms with van der Waals surface area (Å²) in [5.41, 5.74) is 0. The molecule has 0 aromatic rings. The molecular weight excluding hydrogens is 138 g/mol. The Balaban J connectivity index is 2.25. The summed E-state index contributed by atoms with van der Waals surface area (Å²) >= 11 is 1.24. The Morgan fingerprint density at radius 1 is 1.56 bits per heavy atom. The topological polar surface area (TPSA) is 36.0 Å². The summed E-state index contributed by atoms with van der Waals surface area (Å²) in [6.45, 7) is 0. The molecule has 1 spiro atoms. The average Bonchev–Trinajstić information content (AvgIpc) is 2.60. The fourth-order valence-electron chi connectivity index (χ4n) is 0.663. The highest BCUT2D eigenvalue weighted by molar-refractivity contribution is 8.01. The maximum Gasteiger partial charge on any atom is 0.268 e. The van der Waals surface area contributed by atoms with E-state index in [0.29, 0.717) is 0 Å². The first-order chi connectivity index (χ1) is 4.33. The van der Waals surface area contributed by atoms with Crippen molar-refractivity contribution >= 4 is 12.0 Å². The highest BCUT2D eigenvalue weighted by Gasteiger charge is 2.51. The Morgan fingerprint density at radius 2 is 2.33 bits per heavy atom. The molecule has 2 aliphatic heterocycles. The molecule has 0 aliphatic carbocycles. The van der Waals surface area contributed by atoms with Gasteiger partial charge < -0.3 is 0 Å². The van der Waals surface area contributed by atoms with Crippen molar-refractivity contribution in [3.8, 4) is 0 Å². The minimum atomic E-state index is -0.575. The van der Waals surface area contributed by atoms with Crippen molar-refractivity contribution < 1.29 is 9.39 Å². The van der Waals surface area contributed by atoms with Gasteiger partial charge in [0, 0.05) is 6.20 Å². The molecule has 2 aliphatic rings. The van der Waals surface area contributed by atoms with Gasteiger partial charge in [0.2, 0.25) is 0 Å². The number of hydroxylamine groups is 2. The highest BCUT2D eigenvalue weighted by Crippen LogP contribution is 2.51. The van der Waals surface area contributed by atoms with Crippen LogP contribution in [0.15, 0.2) is 24.4 Å². The lowest BCUT2D eigenvalue weighted by Gasteiger charge is -2.16. The highest BCUT2D eigenvalue weighted by atomic mass is 32.2. The van der Waals surface area contributed by atoms with Crippen LogP contribution in [0.3, 0.4) is 0 Å². The third-order valence-corrected chi connectivity index (χ3v) is 2.05. The van der Waals surface area contributed by atoms with Gasteiger partial charge in [-0.3, -0.25) is 9.39 Å². The lowest BCUT2D eigenvalue weighted by atomic mass is 10.3.